The maximum atomic E-state index is 12.8. The first-order valence-corrected chi connectivity index (χ1v) is 10.9. The highest BCUT2D eigenvalue weighted by atomic mass is 16.5. The second-order valence-electron chi connectivity index (χ2n) is 7.68. The normalized spacial score (nSPS) is 10.7. The van der Waals surface area contributed by atoms with Gasteiger partial charge in [0.15, 0.2) is 0 Å². The fourth-order valence-corrected chi connectivity index (χ4v) is 3.61. The van der Waals surface area contributed by atoms with E-state index in [9.17, 15) is 9.59 Å². The van der Waals surface area contributed by atoms with Gasteiger partial charge in [-0.05, 0) is 48.7 Å². The zero-order chi connectivity index (χ0) is 23.2. The molecule has 2 aromatic heterocycles. The molecule has 0 spiro atoms. The van der Waals surface area contributed by atoms with Gasteiger partial charge in [0.25, 0.3) is 5.91 Å². The molecule has 0 saturated carbocycles. The molecule has 2 N–H and O–H groups in total. The molecular weight excluding hydrogens is 416 g/mol. The summed E-state index contributed by atoms with van der Waals surface area (Å²) in [7, 11) is 0. The van der Waals surface area contributed by atoms with E-state index in [1.165, 1.54) is 0 Å². The molecule has 2 aromatic carbocycles. The first kappa shape index (κ1) is 22.1. The lowest BCUT2D eigenvalue weighted by Gasteiger charge is -2.12. The van der Waals surface area contributed by atoms with Crippen molar-refractivity contribution in [3.8, 4) is 5.75 Å². The Balaban J connectivity index is 1.38. The standard InChI is InChI=1S/C26H26N4O3/c1-3-19-10-4-6-12-22(19)29-24(31)15-27-26(32)21-11-5-7-13-23(21)33-17-20-16-30-14-8-9-18(2)25(30)28-20/h4-14,16H,3,15,17H2,1-2H3,(H,27,32)(H,29,31). The van der Waals surface area contributed by atoms with Gasteiger partial charge >= 0.3 is 0 Å². The Morgan fingerprint density at radius 3 is 2.64 bits per heavy atom. The van der Waals surface area contributed by atoms with Gasteiger partial charge in [0.05, 0.1) is 17.8 Å². The van der Waals surface area contributed by atoms with E-state index in [2.05, 4.69) is 15.6 Å². The van der Waals surface area contributed by atoms with Crippen molar-refractivity contribution in [1.29, 1.82) is 0 Å². The number of nitrogens with one attached hydrogen (secondary N) is 2. The summed E-state index contributed by atoms with van der Waals surface area (Å²) < 4.78 is 7.86. The molecule has 2 amide bonds. The third kappa shape index (κ3) is 5.20. The molecule has 0 aliphatic carbocycles. The number of fused-ring (bicyclic) bond motifs is 1. The van der Waals surface area contributed by atoms with E-state index in [0.717, 1.165) is 34.6 Å². The molecule has 7 nitrogen and oxygen atoms in total. The number of ether oxygens (including phenoxy) is 1. The summed E-state index contributed by atoms with van der Waals surface area (Å²) in [5.74, 6) is -0.237. The zero-order valence-corrected chi connectivity index (χ0v) is 18.7. The molecule has 4 rings (SSSR count). The van der Waals surface area contributed by atoms with Crippen LogP contribution in [-0.2, 0) is 17.8 Å². The predicted molar refractivity (Wildman–Crippen MR) is 127 cm³/mol. The fraction of sp³-hybridized carbons (Fsp3) is 0.192. The highest BCUT2D eigenvalue weighted by molar-refractivity contribution is 6.01. The summed E-state index contributed by atoms with van der Waals surface area (Å²) in [6, 6.07) is 18.5. The number of carbonyl (C=O) groups excluding carboxylic acids is 2. The molecule has 0 aliphatic rings. The van der Waals surface area contributed by atoms with Gasteiger partial charge in [-0.15, -0.1) is 0 Å². The third-order valence-corrected chi connectivity index (χ3v) is 5.32. The van der Waals surface area contributed by atoms with Crippen molar-refractivity contribution >= 4 is 23.1 Å². The number of aromatic nitrogens is 2. The van der Waals surface area contributed by atoms with E-state index in [-0.39, 0.29) is 25.0 Å². The van der Waals surface area contributed by atoms with Crippen LogP contribution in [0.5, 0.6) is 5.75 Å². The van der Waals surface area contributed by atoms with Crippen LogP contribution in [0.25, 0.3) is 5.65 Å². The molecule has 168 valence electrons. The van der Waals surface area contributed by atoms with Gasteiger partial charge < -0.3 is 19.8 Å². The number of amides is 2. The lowest BCUT2D eigenvalue weighted by atomic mass is 10.1. The minimum Gasteiger partial charge on any atom is -0.486 e. The number of imidazole rings is 1. The summed E-state index contributed by atoms with van der Waals surface area (Å²) in [5.41, 5.74) is 4.86. The zero-order valence-electron chi connectivity index (χ0n) is 18.7. The Morgan fingerprint density at radius 1 is 1.03 bits per heavy atom. The van der Waals surface area contributed by atoms with Crippen LogP contribution in [0.3, 0.4) is 0 Å². The monoisotopic (exact) mass is 442 g/mol. The molecule has 2 heterocycles. The van der Waals surface area contributed by atoms with Gasteiger partial charge in [-0.1, -0.05) is 43.3 Å². The Bertz CT molecular complexity index is 1300. The number of rotatable bonds is 8. The topological polar surface area (TPSA) is 84.7 Å². The van der Waals surface area contributed by atoms with Crippen molar-refractivity contribution in [2.75, 3.05) is 11.9 Å². The van der Waals surface area contributed by atoms with Crippen LogP contribution >= 0.6 is 0 Å². The predicted octanol–water partition coefficient (Wildman–Crippen LogP) is 4.15. The summed E-state index contributed by atoms with van der Waals surface area (Å²) in [6.07, 6.45) is 4.65. The number of aryl methyl sites for hydroxylation is 2. The molecule has 0 fully saturated rings. The van der Waals surface area contributed by atoms with E-state index in [1.807, 2.05) is 67.0 Å². The van der Waals surface area contributed by atoms with Gasteiger partial charge in [-0.25, -0.2) is 4.98 Å². The van der Waals surface area contributed by atoms with Crippen molar-refractivity contribution in [2.24, 2.45) is 0 Å². The van der Waals surface area contributed by atoms with Crippen molar-refractivity contribution in [2.45, 2.75) is 26.9 Å². The summed E-state index contributed by atoms with van der Waals surface area (Å²) in [6.45, 7) is 4.11. The average molecular weight is 443 g/mol. The number of hydrogen-bond acceptors (Lipinski definition) is 4. The summed E-state index contributed by atoms with van der Waals surface area (Å²) >= 11 is 0. The molecule has 0 unspecified atom stereocenters. The third-order valence-electron chi connectivity index (χ3n) is 5.32. The molecule has 4 aromatic rings. The van der Waals surface area contributed by atoms with E-state index in [4.69, 9.17) is 4.74 Å². The maximum Gasteiger partial charge on any atom is 0.255 e. The van der Waals surface area contributed by atoms with Crippen molar-refractivity contribution in [3.05, 3.63) is 95.4 Å². The number of para-hydroxylation sites is 2. The quantitative estimate of drug-likeness (QED) is 0.429. The second-order valence-corrected chi connectivity index (χ2v) is 7.68. The van der Waals surface area contributed by atoms with Crippen molar-refractivity contribution in [1.82, 2.24) is 14.7 Å². The Labute approximate surface area is 192 Å². The van der Waals surface area contributed by atoms with Gasteiger partial charge in [0.1, 0.15) is 18.0 Å². The van der Waals surface area contributed by atoms with Gasteiger partial charge in [0, 0.05) is 18.1 Å². The van der Waals surface area contributed by atoms with Crippen LogP contribution in [0.2, 0.25) is 0 Å². The van der Waals surface area contributed by atoms with Crippen LogP contribution in [0.4, 0.5) is 5.69 Å². The number of hydrogen-bond donors (Lipinski definition) is 2. The molecule has 33 heavy (non-hydrogen) atoms. The van der Waals surface area contributed by atoms with Crippen molar-refractivity contribution < 1.29 is 14.3 Å². The smallest absolute Gasteiger partial charge is 0.255 e. The van der Waals surface area contributed by atoms with Crippen LogP contribution in [0.1, 0.15) is 34.1 Å². The maximum absolute atomic E-state index is 12.8. The average Bonchev–Trinajstić information content (AvgIpc) is 3.26. The Kier molecular flexibility index (Phi) is 6.69. The largest absolute Gasteiger partial charge is 0.486 e. The molecule has 0 atom stereocenters. The summed E-state index contributed by atoms with van der Waals surface area (Å²) in [4.78, 5) is 29.7. The van der Waals surface area contributed by atoms with E-state index in [0.29, 0.717) is 11.3 Å². The first-order valence-electron chi connectivity index (χ1n) is 10.9. The Morgan fingerprint density at radius 2 is 1.82 bits per heavy atom. The van der Waals surface area contributed by atoms with E-state index in [1.54, 1.807) is 24.3 Å². The molecule has 0 bridgehead atoms. The van der Waals surface area contributed by atoms with Gasteiger partial charge in [-0.2, -0.15) is 0 Å². The van der Waals surface area contributed by atoms with Crippen LogP contribution in [0.15, 0.2) is 73.1 Å². The lowest BCUT2D eigenvalue weighted by Crippen LogP contribution is -2.33. The lowest BCUT2D eigenvalue weighted by molar-refractivity contribution is -0.115. The second kappa shape index (κ2) is 9.99. The molecular formula is C26H26N4O3. The number of carbonyl (C=O) groups is 2. The highest BCUT2D eigenvalue weighted by Gasteiger charge is 2.15. The first-order chi connectivity index (χ1) is 16.0. The van der Waals surface area contributed by atoms with Crippen LogP contribution in [0, 0.1) is 6.92 Å². The van der Waals surface area contributed by atoms with Gasteiger partial charge in [-0.3, -0.25) is 9.59 Å². The van der Waals surface area contributed by atoms with Crippen LogP contribution in [-0.4, -0.2) is 27.7 Å². The number of nitrogens with zero attached hydrogens (tertiary/aromatic N) is 2. The van der Waals surface area contributed by atoms with E-state index < -0.39 is 0 Å². The van der Waals surface area contributed by atoms with Gasteiger partial charge in [0.2, 0.25) is 5.91 Å². The number of benzene rings is 2. The number of anilines is 1. The summed E-state index contributed by atoms with van der Waals surface area (Å²) in [5, 5.41) is 5.52. The molecule has 0 saturated heterocycles. The Hall–Kier alpha value is -4.13. The van der Waals surface area contributed by atoms with E-state index >= 15 is 0 Å². The van der Waals surface area contributed by atoms with Crippen molar-refractivity contribution in [3.63, 3.8) is 0 Å². The molecule has 0 radical (unpaired) electrons. The minimum atomic E-state index is -0.379. The highest BCUT2D eigenvalue weighted by Crippen LogP contribution is 2.20. The number of pyridine rings is 1. The fourth-order valence-electron chi connectivity index (χ4n) is 3.61. The molecule has 7 heteroatoms. The molecule has 0 aliphatic heterocycles. The SMILES string of the molecule is CCc1ccccc1NC(=O)CNC(=O)c1ccccc1OCc1cn2cccc(C)c2n1. The van der Waals surface area contributed by atoms with Crippen LogP contribution < -0.4 is 15.4 Å². The minimum absolute atomic E-state index is 0.142.